The van der Waals surface area contributed by atoms with Crippen molar-refractivity contribution in [3.63, 3.8) is 0 Å². The van der Waals surface area contributed by atoms with Crippen LogP contribution in [0.25, 0.3) is 0 Å². The first-order chi connectivity index (χ1) is 4.18. The van der Waals surface area contributed by atoms with E-state index >= 15 is 0 Å². The molecule has 0 rings (SSSR count). The van der Waals surface area contributed by atoms with Crippen LogP contribution in [-0.2, 0) is 4.84 Å². The molecule has 0 aromatic carbocycles. The van der Waals surface area contributed by atoms with E-state index in [4.69, 9.17) is 0 Å². The van der Waals surface area contributed by atoms with Crippen LogP contribution in [0.15, 0.2) is 38.4 Å². The van der Waals surface area contributed by atoms with Gasteiger partial charge in [-0.1, -0.05) is 6.58 Å². The molecule has 0 heterocycles. The lowest BCUT2D eigenvalue weighted by Crippen LogP contribution is -2.26. The first-order valence-electron chi connectivity index (χ1n) is 2.34. The molecule has 0 amide bonds. The summed E-state index contributed by atoms with van der Waals surface area (Å²) in [6.07, 6.45) is 3.14. The van der Waals surface area contributed by atoms with E-state index in [1.165, 1.54) is 0 Å². The molecule has 0 fully saturated rings. The van der Waals surface area contributed by atoms with Crippen LogP contribution in [0, 0.1) is 5.21 Å². The van der Waals surface area contributed by atoms with Gasteiger partial charge in [0.2, 0.25) is 0 Å². The molecular formula is C6H9NO2. The van der Waals surface area contributed by atoms with Crippen LogP contribution in [0.2, 0.25) is 0 Å². The maximum absolute atomic E-state index is 10.8. The molecule has 3 nitrogen and oxygen atoms in total. The molecule has 9 heavy (non-hydrogen) atoms. The normalized spacial score (nSPS) is 9.89. The van der Waals surface area contributed by atoms with E-state index in [-0.39, 0.29) is 0 Å². The number of rotatable bonds is 4. The third-order valence-corrected chi connectivity index (χ3v) is 0.748. The van der Waals surface area contributed by atoms with E-state index < -0.39 is 4.81 Å². The van der Waals surface area contributed by atoms with Crippen LogP contribution >= 0.6 is 0 Å². The summed E-state index contributed by atoms with van der Waals surface area (Å²) in [5, 5.41) is 10.8. The molecule has 0 saturated heterocycles. The zero-order valence-corrected chi connectivity index (χ0v) is 5.12. The van der Waals surface area contributed by atoms with Gasteiger partial charge in [0.1, 0.15) is 18.7 Å². The number of quaternary nitrogens is 1. The molecule has 0 spiro atoms. The second-order valence-electron chi connectivity index (χ2n) is 1.28. The smallest absolute Gasteiger partial charge is 0.149 e. The quantitative estimate of drug-likeness (QED) is 0.327. The molecule has 0 unspecified atom stereocenters. The van der Waals surface area contributed by atoms with Crippen LogP contribution < -0.4 is 0 Å². The Labute approximate surface area is 54.3 Å². The van der Waals surface area contributed by atoms with E-state index in [0.29, 0.717) is 0 Å². The maximum Gasteiger partial charge on any atom is 0.149 e. The third kappa shape index (κ3) is 2.12. The van der Waals surface area contributed by atoms with E-state index in [2.05, 4.69) is 24.6 Å². The summed E-state index contributed by atoms with van der Waals surface area (Å²) >= 11 is 0. The van der Waals surface area contributed by atoms with E-state index in [1.807, 2.05) is 0 Å². The van der Waals surface area contributed by atoms with Crippen LogP contribution in [0.4, 0.5) is 0 Å². The highest BCUT2D eigenvalue weighted by Gasteiger charge is 2.04. The third-order valence-electron chi connectivity index (χ3n) is 0.748. The number of hydrogen-bond acceptors (Lipinski definition) is 2. The van der Waals surface area contributed by atoms with Gasteiger partial charge in [-0.15, -0.1) is 4.81 Å². The predicted molar refractivity (Wildman–Crippen MR) is 35.3 cm³/mol. The van der Waals surface area contributed by atoms with Gasteiger partial charge in [-0.05, 0) is 13.2 Å². The first kappa shape index (κ1) is 7.94. The largest absolute Gasteiger partial charge is 0.579 e. The van der Waals surface area contributed by atoms with Crippen molar-refractivity contribution in [3.8, 4) is 0 Å². The molecule has 0 bridgehead atoms. The van der Waals surface area contributed by atoms with Gasteiger partial charge in [0, 0.05) is 0 Å². The lowest BCUT2D eigenvalue weighted by atomic mass is 10.8. The van der Waals surface area contributed by atoms with Crippen LogP contribution in [-0.4, -0.2) is 4.81 Å². The molecule has 0 aromatic heterocycles. The highest BCUT2D eigenvalue weighted by Crippen LogP contribution is 2.05. The van der Waals surface area contributed by atoms with Gasteiger partial charge in [-0.2, -0.15) is 0 Å². The fraction of sp³-hybridized carbons (Fsp3) is 0. The minimum Gasteiger partial charge on any atom is -0.579 e. The molecule has 0 aliphatic rings. The maximum atomic E-state index is 10.8. The fourth-order valence-corrected chi connectivity index (χ4v) is 0.277. The van der Waals surface area contributed by atoms with Gasteiger partial charge in [0.05, 0.1) is 0 Å². The van der Waals surface area contributed by atoms with Crippen LogP contribution in [0.5, 0.6) is 0 Å². The lowest BCUT2D eigenvalue weighted by Gasteiger charge is -2.28. The Morgan fingerprint density at radius 3 is 1.78 bits per heavy atom. The van der Waals surface area contributed by atoms with Gasteiger partial charge in [-0.25, -0.2) is 0 Å². The van der Waals surface area contributed by atoms with Crippen molar-refractivity contribution < 1.29 is 9.65 Å². The minimum absolute atomic E-state index is 1.04. The zero-order chi connectivity index (χ0) is 7.33. The van der Waals surface area contributed by atoms with Crippen molar-refractivity contribution in [2.24, 2.45) is 0 Å². The van der Waals surface area contributed by atoms with Crippen molar-refractivity contribution in [2.75, 3.05) is 0 Å². The average molecular weight is 127 g/mol. The number of hydroxylamine groups is 4. The van der Waals surface area contributed by atoms with Gasteiger partial charge < -0.3 is 10.0 Å². The van der Waals surface area contributed by atoms with Gasteiger partial charge >= 0.3 is 0 Å². The topological polar surface area (TPSA) is 32.3 Å². The Hall–Kier alpha value is -1.06. The lowest BCUT2D eigenvalue weighted by molar-refractivity contribution is -0.973. The molecule has 0 atom stereocenters. The second kappa shape index (κ2) is 3.06. The highest BCUT2D eigenvalue weighted by atomic mass is 16.9. The molecule has 0 aliphatic heterocycles. The number of hydrogen-bond donors (Lipinski definition) is 0. The number of nitrogens with zero attached hydrogens (tertiary/aromatic N) is 1. The Balaban J connectivity index is 4.06. The van der Waals surface area contributed by atoms with E-state index in [0.717, 1.165) is 18.7 Å². The summed E-state index contributed by atoms with van der Waals surface area (Å²) in [6, 6.07) is 0. The highest BCUT2D eigenvalue weighted by molar-refractivity contribution is 4.62. The van der Waals surface area contributed by atoms with E-state index in [1.54, 1.807) is 0 Å². The Bertz CT molecular complexity index is 123. The molecule has 0 radical (unpaired) electrons. The molecule has 0 saturated carbocycles. The SMILES string of the molecule is C=CO[N+]([O-])(C=C)C=C. The van der Waals surface area contributed by atoms with Crippen molar-refractivity contribution in [1.82, 2.24) is 0 Å². The standard InChI is InChI=1S/C6H9NO2/c1-4-7(8,5-2)9-6-3/h4-6H,1-3H2. The fourth-order valence-electron chi connectivity index (χ4n) is 0.277. The Morgan fingerprint density at radius 1 is 1.22 bits per heavy atom. The van der Waals surface area contributed by atoms with Gasteiger partial charge in [-0.3, -0.25) is 0 Å². The van der Waals surface area contributed by atoms with Gasteiger partial charge in [0.25, 0.3) is 0 Å². The second-order valence-corrected chi connectivity index (χ2v) is 1.28. The van der Waals surface area contributed by atoms with Crippen LogP contribution in [0.3, 0.4) is 0 Å². The molecule has 0 aromatic rings. The van der Waals surface area contributed by atoms with Crippen molar-refractivity contribution in [1.29, 1.82) is 0 Å². The molecule has 50 valence electrons. The molecule has 3 heteroatoms. The van der Waals surface area contributed by atoms with Crippen molar-refractivity contribution >= 4 is 0 Å². The zero-order valence-electron chi connectivity index (χ0n) is 5.12. The molecule has 0 aliphatic carbocycles. The van der Waals surface area contributed by atoms with E-state index in [9.17, 15) is 5.21 Å². The summed E-state index contributed by atoms with van der Waals surface area (Å²) in [4.78, 5) is 3.33. The summed E-state index contributed by atoms with van der Waals surface area (Å²) in [7, 11) is 0. The Morgan fingerprint density at radius 2 is 1.67 bits per heavy atom. The van der Waals surface area contributed by atoms with Gasteiger partial charge in [0.15, 0.2) is 0 Å². The first-order valence-corrected chi connectivity index (χ1v) is 2.34. The van der Waals surface area contributed by atoms with Crippen molar-refractivity contribution in [2.45, 2.75) is 0 Å². The summed E-state index contributed by atoms with van der Waals surface area (Å²) in [5.74, 6) is 0. The van der Waals surface area contributed by atoms with Crippen molar-refractivity contribution in [3.05, 3.63) is 43.6 Å². The monoisotopic (exact) mass is 127 g/mol. The Kier molecular flexibility index (Phi) is 2.70. The molecule has 0 N–H and O–H groups in total. The molecular weight excluding hydrogens is 118 g/mol. The summed E-state index contributed by atoms with van der Waals surface area (Å²) < 4.78 is 0. The average Bonchev–Trinajstić information content (AvgIpc) is 1.89. The van der Waals surface area contributed by atoms with Crippen LogP contribution in [0.1, 0.15) is 0 Å². The minimum atomic E-state index is -1.11. The predicted octanol–water partition coefficient (Wildman–Crippen LogP) is 1.66. The summed E-state index contributed by atoms with van der Waals surface area (Å²) in [5.41, 5.74) is 0. The summed E-state index contributed by atoms with van der Waals surface area (Å²) in [6.45, 7) is 9.68.